The molecule has 2 nitrogen and oxygen atoms in total. The van der Waals surface area contributed by atoms with Gasteiger partial charge in [0, 0.05) is 23.3 Å². The molecule has 4 rings (SSSR count). The molecule has 0 saturated heterocycles. The third-order valence-corrected chi connectivity index (χ3v) is 4.47. The molecule has 3 aromatic rings. The lowest BCUT2D eigenvalue weighted by atomic mass is 9.98. The van der Waals surface area contributed by atoms with Crippen molar-refractivity contribution in [1.29, 1.82) is 0 Å². The molecule has 2 aromatic carbocycles. The van der Waals surface area contributed by atoms with Crippen molar-refractivity contribution in [2.75, 3.05) is 4.90 Å². The molecule has 0 atom stereocenters. The van der Waals surface area contributed by atoms with Crippen molar-refractivity contribution in [2.24, 2.45) is 5.92 Å². The first-order valence-electron chi connectivity index (χ1n) is 8.25. The summed E-state index contributed by atoms with van der Waals surface area (Å²) in [6.07, 6.45) is 2.17. The number of fused-ring (bicyclic) bond motifs is 2. The number of anilines is 1. The van der Waals surface area contributed by atoms with Crippen LogP contribution >= 0.6 is 0 Å². The van der Waals surface area contributed by atoms with Crippen LogP contribution in [-0.4, -0.2) is 4.98 Å². The zero-order chi connectivity index (χ0) is 16.7. The molecule has 0 unspecified atom stereocenters. The zero-order valence-corrected chi connectivity index (χ0v) is 13.8. The van der Waals surface area contributed by atoms with E-state index >= 15 is 0 Å². The quantitative estimate of drug-likeness (QED) is 0.629. The molecule has 0 bridgehead atoms. The first-order valence-corrected chi connectivity index (χ1v) is 8.25. The lowest BCUT2D eigenvalue weighted by molar-refractivity contribution is 0.629. The lowest BCUT2D eigenvalue weighted by Gasteiger charge is -2.34. The molecule has 1 aliphatic rings. The minimum absolute atomic E-state index is 0.224. The summed E-state index contributed by atoms with van der Waals surface area (Å²) in [6, 6.07) is 17.2. The minimum atomic E-state index is -0.224. The van der Waals surface area contributed by atoms with Crippen molar-refractivity contribution in [1.82, 2.24) is 4.98 Å². The van der Waals surface area contributed by atoms with E-state index in [9.17, 15) is 4.39 Å². The normalized spacial score (nSPS) is 14.0. The summed E-state index contributed by atoms with van der Waals surface area (Å²) in [7, 11) is 0. The van der Waals surface area contributed by atoms with E-state index in [4.69, 9.17) is 4.98 Å². The fraction of sp³-hybridized carbons (Fsp3) is 0.190. The van der Waals surface area contributed by atoms with Gasteiger partial charge < -0.3 is 4.90 Å². The van der Waals surface area contributed by atoms with Crippen LogP contribution in [0.2, 0.25) is 0 Å². The average Bonchev–Trinajstić information content (AvgIpc) is 2.59. The van der Waals surface area contributed by atoms with Crippen molar-refractivity contribution >= 4 is 22.7 Å². The lowest BCUT2D eigenvalue weighted by Crippen LogP contribution is -2.28. The summed E-state index contributed by atoms with van der Waals surface area (Å²) < 4.78 is 13.5. The second kappa shape index (κ2) is 5.75. The van der Waals surface area contributed by atoms with Crippen LogP contribution in [0.3, 0.4) is 0 Å². The van der Waals surface area contributed by atoms with Crippen molar-refractivity contribution in [3.63, 3.8) is 0 Å². The fourth-order valence-electron chi connectivity index (χ4n) is 3.26. The molecule has 0 amide bonds. The number of aromatic nitrogens is 1. The molecule has 0 N–H and O–H groups in total. The van der Waals surface area contributed by atoms with Crippen LogP contribution in [0, 0.1) is 11.7 Å². The van der Waals surface area contributed by atoms with E-state index in [-0.39, 0.29) is 5.82 Å². The zero-order valence-electron chi connectivity index (χ0n) is 13.8. The van der Waals surface area contributed by atoms with Crippen LogP contribution in [0.1, 0.15) is 25.1 Å². The van der Waals surface area contributed by atoms with E-state index in [2.05, 4.69) is 55.2 Å². The summed E-state index contributed by atoms with van der Waals surface area (Å²) in [5.41, 5.74) is 5.37. The molecule has 0 fully saturated rings. The SMILES string of the molecule is CC(C)C1=Cc2nc3ccc(F)cc3cc2CN1c1ccccc1. The average molecular weight is 318 g/mol. The third-order valence-electron chi connectivity index (χ3n) is 4.47. The highest BCUT2D eigenvalue weighted by Crippen LogP contribution is 2.33. The maximum Gasteiger partial charge on any atom is 0.123 e. The van der Waals surface area contributed by atoms with Gasteiger partial charge in [-0.2, -0.15) is 0 Å². The third kappa shape index (κ3) is 2.56. The molecular weight excluding hydrogens is 299 g/mol. The van der Waals surface area contributed by atoms with Gasteiger partial charge in [0.05, 0.1) is 11.2 Å². The van der Waals surface area contributed by atoms with Gasteiger partial charge in [0.1, 0.15) is 5.82 Å². The molecule has 1 aliphatic heterocycles. The van der Waals surface area contributed by atoms with E-state index in [1.165, 1.54) is 17.5 Å². The Labute approximate surface area is 141 Å². The van der Waals surface area contributed by atoms with Crippen LogP contribution in [0.25, 0.3) is 17.0 Å². The maximum absolute atomic E-state index is 13.5. The molecule has 1 aromatic heterocycles. The fourth-order valence-corrected chi connectivity index (χ4v) is 3.26. The van der Waals surface area contributed by atoms with Crippen LogP contribution < -0.4 is 4.90 Å². The Balaban J connectivity index is 1.87. The molecule has 2 heterocycles. The Morgan fingerprint density at radius 1 is 1.04 bits per heavy atom. The van der Waals surface area contributed by atoms with Crippen LogP contribution in [0.15, 0.2) is 60.3 Å². The van der Waals surface area contributed by atoms with Crippen LogP contribution in [0.5, 0.6) is 0 Å². The van der Waals surface area contributed by atoms with Crippen LogP contribution in [0.4, 0.5) is 10.1 Å². The molecule has 0 saturated carbocycles. The molecule has 0 spiro atoms. The first kappa shape index (κ1) is 14.9. The molecule has 3 heteroatoms. The smallest absolute Gasteiger partial charge is 0.123 e. The van der Waals surface area contributed by atoms with Gasteiger partial charge in [-0.05, 0) is 54.0 Å². The Kier molecular flexibility index (Phi) is 3.57. The van der Waals surface area contributed by atoms with Gasteiger partial charge in [-0.3, -0.25) is 0 Å². The summed E-state index contributed by atoms with van der Waals surface area (Å²) in [4.78, 5) is 7.07. The first-order chi connectivity index (χ1) is 11.6. The highest BCUT2D eigenvalue weighted by Gasteiger charge is 2.22. The number of allylic oxidation sites excluding steroid dienone is 1. The second-order valence-electron chi connectivity index (χ2n) is 6.52. The monoisotopic (exact) mass is 318 g/mol. The van der Waals surface area contributed by atoms with Crippen molar-refractivity contribution in [3.05, 3.63) is 77.4 Å². The van der Waals surface area contributed by atoms with Gasteiger partial charge >= 0.3 is 0 Å². The van der Waals surface area contributed by atoms with Gasteiger partial charge in [-0.15, -0.1) is 0 Å². The largest absolute Gasteiger partial charge is 0.340 e. The van der Waals surface area contributed by atoms with Gasteiger partial charge in [0.15, 0.2) is 0 Å². The predicted molar refractivity (Wildman–Crippen MR) is 97.1 cm³/mol. The molecule has 0 aliphatic carbocycles. The number of hydrogen-bond acceptors (Lipinski definition) is 2. The molecule has 120 valence electrons. The van der Waals surface area contributed by atoms with Gasteiger partial charge in [0.2, 0.25) is 0 Å². The van der Waals surface area contributed by atoms with Crippen molar-refractivity contribution in [3.8, 4) is 0 Å². The second-order valence-corrected chi connectivity index (χ2v) is 6.52. The number of rotatable bonds is 2. The van der Waals surface area contributed by atoms with E-state index < -0.39 is 0 Å². The molecule has 24 heavy (non-hydrogen) atoms. The summed E-state index contributed by atoms with van der Waals surface area (Å²) in [5, 5.41) is 0.850. The number of pyridine rings is 1. The Morgan fingerprint density at radius 3 is 2.58 bits per heavy atom. The Bertz CT molecular complexity index is 929. The van der Waals surface area contributed by atoms with E-state index in [0.717, 1.165) is 28.7 Å². The Hall–Kier alpha value is -2.68. The van der Waals surface area contributed by atoms with Gasteiger partial charge in [-0.25, -0.2) is 9.37 Å². The number of para-hydroxylation sites is 1. The van der Waals surface area contributed by atoms with Gasteiger partial charge in [0.25, 0.3) is 0 Å². The highest BCUT2D eigenvalue weighted by molar-refractivity contribution is 5.82. The van der Waals surface area contributed by atoms with E-state index in [1.807, 2.05) is 6.07 Å². The summed E-state index contributed by atoms with van der Waals surface area (Å²) in [5.74, 6) is 0.169. The summed E-state index contributed by atoms with van der Waals surface area (Å²) >= 11 is 0. The predicted octanol–water partition coefficient (Wildman–Crippen LogP) is 5.39. The minimum Gasteiger partial charge on any atom is -0.340 e. The standard InChI is InChI=1S/C21H19FN2/c1-14(2)21-12-20-16(13-24(21)18-6-4-3-5-7-18)10-15-11-17(22)8-9-19(15)23-20/h3-12,14H,13H2,1-2H3. The van der Waals surface area contributed by atoms with E-state index in [0.29, 0.717) is 5.92 Å². The molecular formula is C21H19FN2. The number of benzene rings is 2. The number of halogens is 1. The Morgan fingerprint density at radius 2 is 1.83 bits per heavy atom. The topological polar surface area (TPSA) is 16.1 Å². The highest BCUT2D eigenvalue weighted by atomic mass is 19.1. The van der Waals surface area contributed by atoms with Crippen molar-refractivity contribution in [2.45, 2.75) is 20.4 Å². The van der Waals surface area contributed by atoms with Gasteiger partial charge in [-0.1, -0.05) is 32.0 Å². The van der Waals surface area contributed by atoms with Crippen LogP contribution in [-0.2, 0) is 6.54 Å². The number of hydrogen-bond donors (Lipinski definition) is 0. The number of nitrogens with zero attached hydrogens (tertiary/aromatic N) is 2. The van der Waals surface area contributed by atoms with Crippen molar-refractivity contribution < 1.29 is 4.39 Å². The maximum atomic E-state index is 13.5. The van der Waals surface area contributed by atoms with E-state index in [1.54, 1.807) is 12.1 Å². The summed E-state index contributed by atoms with van der Waals surface area (Å²) in [6.45, 7) is 5.15. The molecule has 0 radical (unpaired) electrons.